The summed E-state index contributed by atoms with van der Waals surface area (Å²) in [4.78, 5) is 0. The van der Waals surface area contributed by atoms with Gasteiger partial charge in [-0.25, -0.2) is 0 Å². The molecule has 0 fully saturated rings. The van der Waals surface area contributed by atoms with Crippen molar-refractivity contribution in [3.05, 3.63) is 36.5 Å². The van der Waals surface area contributed by atoms with Crippen molar-refractivity contribution in [2.75, 3.05) is 0 Å². The zero-order valence-electron chi connectivity index (χ0n) is 8.17. The van der Waals surface area contributed by atoms with E-state index >= 15 is 0 Å². The molecule has 0 bridgehead atoms. The topological polar surface area (TPSA) is 0 Å². The Morgan fingerprint density at radius 1 is 1.00 bits per heavy atom. The third-order valence-corrected chi connectivity index (χ3v) is 1.12. The fourth-order valence-corrected chi connectivity index (χ4v) is 0.557. The van der Waals surface area contributed by atoms with E-state index in [4.69, 9.17) is 0 Å². The molecule has 13 heavy (non-hydrogen) atoms. The van der Waals surface area contributed by atoms with Gasteiger partial charge in [-0.1, -0.05) is 43.1 Å². The first-order chi connectivity index (χ1) is 6.41. The predicted octanol–water partition coefficient (Wildman–Crippen LogP) is 3.09. The predicted molar refractivity (Wildman–Crippen MR) is 58.9 cm³/mol. The van der Waals surface area contributed by atoms with Gasteiger partial charge in [-0.3, -0.25) is 0 Å². The minimum Gasteiger partial charge on any atom is -0.0848 e. The average Bonchev–Trinajstić information content (AvgIpc) is 2.16. The van der Waals surface area contributed by atoms with Crippen molar-refractivity contribution in [3.63, 3.8) is 0 Å². The molecule has 0 heterocycles. The van der Waals surface area contributed by atoms with Crippen molar-refractivity contribution < 1.29 is 0 Å². The van der Waals surface area contributed by atoms with Gasteiger partial charge in [-0.15, -0.1) is 0 Å². The number of allylic oxidation sites excluding steroid dienone is 6. The molecule has 0 saturated heterocycles. The molecular weight excluding hydrogens is 156 g/mol. The van der Waals surface area contributed by atoms with E-state index < -0.39 is 0 Å². The third-order valence-electron chi connectivity index (χ3n) is 1.12. The lowest BCUT2D eigenvalue weighted by atomic mass is 10.4. The molecule has 0 heteroatoms. The Kier molecular flexibility index (Phi) is 9.02. The van der Waals surface area contributed by atoms with Crippen LogP contribution < -0.4 is 0 Å². The van der Waals surface area contributed by atoms with Crippen LogP contribution in [0.5, 0.6) is 0 Å². The van der Waals surface area contributed by atoms with Gasteiger partial charge >= 0.3 is 0 Å². The second-order valence-corrected chi connectivity index (χ2v) is 2.23. The van der Waals surface area contributed by atoms with Gasteiger partial charge in [0.25, 0.3) is 0 Å². The smallest absolute Gasteiger partial charge is 0.0102 e. The molecule has 0 aromatic rings. The quantitative estimate of drug-likeness (QED) is 0.441. The first-order valence-corrected chi connectivity index (χ1v) is 4.35. The average molecular weight is 170 g/mol. The van der Waals surface area contributed by atoms with Gasteiger partial charge in [-0.05, 0) is 37.3 Å². The van der Waals surface area contributed by atoms with Gasteiger partial charge in [0.05, 0.1) is 0 Å². The first kappa shape index (κ1) is 11.3. The molecule has 0 amide bonds. The lowest BCUT2D eigenvalue weighted by molar-refractivity contribution is 1.22. The highest BCUT2D eigenvalue weighted by Crippen LogP contribution is 1.80. The van der Waals surface area contributed by atoms with E-state index in [2.05, 4.69) is 36.7 Å². The molecule has 0 aliphatic heterocycles. The van der Waals surface area contributed by atoms with E-state index in [0.717, 1.165) is 6.42 Å². The van der Waals surface area contributed by atoms with Gasteiger partial charge in [-0.2, -0.15) is 0 Å². The van der Waals surface area contributed by atoms with Crippen molar-refractivity contribution in [1.29, 1.82) is 0 Å². The summed E-state index contributed by atoms with van der Waals surface area (Å²) in [6.45, 7) is 4.02. The molecule has 0 unspecified atom stereocenters. The monoisotopic (exact) mass is 170 g/mol. The van der Waals surface area contributed by atoms with Gasteiger partial charge in [0.15, 0.2) is 0 Å². The zero-order valence-corrected chi connectivity index (χ0v) is 8.17. The van der Waals surface area contributed by atoms with E-state index in [1.165, 1.54) is 0 Å². The van der Waals surface area contributed by atoms with Crippen LogP contribution in [0.1, 0.15) is 20.3 Å². The maximum atomic E-state index is 2.81. The summed E-state index contributed by atoms with van der Waals surface area (Å²) in [6.07, 6.45) is 12.5. The standard InChI is InChI=1S/C13H14/c1-3-5-7-9-11-13-12-10-8-6-4-2/h3,5-6,8,10,12H,4H2,1-2H3/b5-3+,8-6+,12-10+. The second kappa shape index (κ2) is 10.3. The van der Waals surface area contributed by atoms with Gasteiger partial charge < -0.3 is 0 Å². The summed E-state index contributed by atoms with van der Waals surface area (Å²) < 4.78 is 0. The Bertz CT molecular complexity index is 305. The van der Waals surface area contributed by atoms with Crippen LogP contribution in [0.25, 0.3) is 0 Å². The van der Waals surface area contributed by atoms with Crippen LogP contribution in [0.4, 0.5) is 0 Å². The summed E-state index contributed by atoms with van der Waals surface area (Å²) in [5.74, 6) is 11.0. The van der Waals surface area contributed by atoms with Crippen molar-refractivity contribution in [2.45, 2.75) is 20.3 Å². The molecule has 0 atom stereocenters. The molecule has 0 saturated carbocycles. The SMILES string of the molecule is C/C=C/C#CC#C/C=C/C=C/CC. The molecular formula is C13H14. The normalized spacial score (nSPS) is 10.0. The first-order valence-electron chi connectivity index (χ1n) is 4.35. The maximum absolute atomic E-state index is 2.81. The Balaban J connectivity index is 3.81. The van der Waals surface area contributed by atoms with Crippen LogP contribution in [-0.2, 0) is 0 Å². The van der Waals surface area contributed by atoms with E-state index in [-0.39, 0.29) is 0 Å². The summed E-state index contributed by atoms with van der Waals surface area (Å²) >= 11 is 0. The summed E-state index contributed by atoms with van der Waals surface area (Å²) in [5.41, 5.74) is 0. The van der Waals surface area contributed by atoms with Crippen molar-refractivity contribution in [1.82, 2.24) is 0 Å². The van der Waals surface area contributed by atoms with Crippen LogP contribution in [0.2, 0.25) is 0 Å². The molecule has 66 valence electrons. The van der Waals surface area contributed by atoms with Gasteiger partial charge in [0.1, 0.15) is 0 Å². The van der Waals surface area contributed by atoms with Gasteiger partial charge in [0.2, 0.25) is 0 Å². The molecule has 0 nitrogen and oxygen atoms in total. The highest BCUT2D eigenvalue weighted by Gasteiger charge is 1.61. The fourth-order valence-electron chi connectivity index (χ4n) is 0.557. The van der Waals surface area contributed by atoms with Crippen LogP contribution in [0.3, 0.4) is 0 Å². The Morgan fingerprint density at radius 3 is 2.31 bits per heavy atom. The largest absolute Gasteiger partial charge is 0.0848 e. The molecule has 0 aliphatic rings. The summed E-state index contributed by atoms with van der Waals surface area (Å²) in [5, 5.41) is 0. The van der Waals surface area contributed by atoms with Crippen molar-refractivity contribution >= 4 is 0 Å². The Labute approximate surface area is 81.0 Å². The molecule has 0 spiro atoms. The van der Waals surface area contributed by atoms with Crippen molar-refractivity contribution in [2.24, 2.45) is 0 Å². The fraction of sp³-hybridized carbons (Fsp3) is 0.231. The number of hydrogen-bond donors (Lipinski definition) is 0. The minimum atomic E-state index is 1.05. The lowest BCUT2D eigenvalue weighted by Gasteiger charge is -1.71. The van der Waals surface area contributed by atoms with Crippen LogP contribution in [-0.4, -0.2) is 0 Å². The highest BCUT2D eigenvalue weighted by molar-refractivity contribution is 5.34. The van der Waals surface area contributed by atoms with E-state index in [1.807, 2.05) is 25.2 Å². The molecule has 0 N–H and O–H groups in total. The second-order valence-electron chi connectivity index (χ2n) is 2.23. The van der Waals surface area contributed by atoms with Gasteiger partial charge in [0, 0.05) is 0 Å². The summed E-state index contributed by atoms with van der Waals surface area (Å²) in [7, 11) is 0. The van der Waals surface area contributed by atoms with E-state index in [0.29, 0.717) is 0 Å². The highest BCUT2D eigenvalue weighted by atomic mass is 13.7. The van der Waals surface area contributed by atoms with Crippen LogP contribution in [0, 0.1) is 23.7 Å². The third kappa shape index (κ3) is 10.3. The molecule has 0 aromatic heterocycles. The number of hydrogen-bond acceptors (Lipinski definition) is 0. The lowest BCUT2D eigenvalue weighted by Crippen LogP contribution is -1.54. The van der Waals surface area contributed by atoms with Crippen LogP contribution >= 0.6 is 0 Å². The van der Waals surface area contributed by atoms with Crippen molar-refractivity contribution in [3.8, 4) is 23.7 Å². The number of rotatable bonds is 2. The van der Waals surface area contributed by atoms with E-state index in [1.54, 1.807) is 12.2 Å². The Morgan fingerprint density at radius 2 is 1.69 bits per heavy atom. The molecule has 0 aromatic carbocycles. The molecule has 0 radical (unpaired) electrons. The zero-order chi connectivity index (χ0) is 9.78. The minimum absolute atomic E-state index is 1.05. The summed E-state index contributed by atoms with van der Waals surface area (Å²) in [6, 6.07) is 0. The maximum Gasteiger partial charge on any atom is -0.0102 e. The van der Waals surface area contributed by atoms with E-state index in [9.17, 15) is 0 Å². The Hall–Kier alpha value is -1.66. The van der Waals surface area contributed by atoms with Crippen LogP contribution in [0.15, 0.2) is 36.5 Å². The molecule has 0 rings (SSSR count). The molecule has 0 aliphatic carbocycles.